The van der Waals surface area contributed by atoms with Gasteiger partial charge in [-0.3, -0.25) is 4.79 Å². The highest BCUT2D eigenvalue weighted by atomic mass is 19.1. The number of anilines is 3. The number of benzene rings is 2. The highest BCUT2D eigenvalue weighted by Crippen LogP contribution is 2.24. The predicted octanol–water partition coefficient (Wildman–Crippen LogP) is 4.48. The first-order valence-electron chi connectivity index (χ1n) is 8.32. The standard InChI is InChI=1S/C20H19FN4O/c1-3-14-8-6-7-13(2)19(14)25-18-11-17(22-12-23-18)20(26)24-16-10-5-4-9-15(16)21/h4-12H,3H2,1-2H3,(H,24,26)(H,22,23,25). The molecular weight excluding hydrogens is 331 g/mol. The van der Waals surface area contributed by atoms with Gasteiger partial charge in [0.2, 0.25) is 0 Å². The second kappa shape index (κ2) is 7.74. The third-order valence-electron chi connectivity index (χ3n) is 4.01. The van der Waals surface area contributed by atoms with Crippen molar-refractivity contribution >= 4 is 23.1 Å². The molecule has 2 aromatic carbocycles. The van der Waals surface area contributed by atoms with Crippen molar-refractivity contribution in [3.63, 3.8) is 0 Å². The highest BCUT2D eigenvalue weighted by molar-refractivity contribution is 6.03. The second-order valence-corrected chi connectivity index (χ2v) is 5.81. The fourth-order valence-electron chi connectivity index (χ4n) is 2.63. The minimum Gasteiger partial charge on any atom is -0.340 e. The van der Waals surface area contributed by atoms with Crippen LogP contribution in [0.15, 0.2) is 54.9 Å². The van der Waals surface area contributed by atoms with Crippen LogP contribution in [-0.2, 0) is 6.42 Å². The molecule has 1 amide bonds. The van der Waals surface area contributed by atoms with E-state index in [1.165, 1.54) is 18.5 Å². The van der Waals surface area contributed by atoms with Crippen molar-refractivity contribution in [1.29, 1.82) is 0 Å². The molecule has 132 valence electrons. The van der Waals surface area contributed by atoms with Gasteiger partial charge in [0.1, 0.15) is 23.7 Å². The SMILES string of the molecule is CCc1cccc(C)c1Nc1cc(C(=O)Nc2ccccc2F)ncn1. The van der Waals surface area contributed by atoms with Gasteiger partial charge in [0.15, 0.2) is 0 Å². The zero-order valence-corrected chi connectivity index (χ0v) is 14.6. The molecule has 0 spiro atoms. The Bertz CT molecular complexity index is 943. The summed E-state index contributed by atoms with van der Waals surface area (Å²) in [5.74, 6) is -0.496. The van der Waals surface area contributed by atoms with E-state index in [2.05, 4.69) is 27.5 Å². The second-order valence-electron chi connectivity index (χ2n) is 5.81. The topological polar surface area (TPSA) is 66.9 Å². The van der Waals surface area contributed by atoms with Gasteiger partial charge in [-0.25, -0.2) is 14.4 Å². The van der Waals surface area contributed by atoms with Crippen molar-refractivity contribution in [3.05, 3.63) is 77.5 Å². The number of rotatable bonds is 5. The molecule has 0 radical (unpaired) electrons. The summed E-state index contributed by atoms with van der Waals surface area (Å²) in [7, 11) is 0. The molecule has 1 heterocycles. The first kappa shape index (κ1) is 17.5. The summed E-state index contributed by atoms with van der Waals surface area (Å²) in [5.41, 5.74) is 3.46. The summed E-state index contributed by atoms with van der Waals surface area (Å²) >= 11 is 0. The Kier molecular flexibility index (Phi) is 5.22. The number of nitrogens with one attached hydrogen (secondary N) is 2. The molecule has 0 aliphatic heterocycles. The van der Waals surface area contributed by atoms with E-state index in [-0.39, 0.29) is 11.4 Å². The molecule has 0 aliphatic carbocycles. The van der Waals surface area contributed by atoms with Crippen LogP contribution < -0.4 is 10.6 Å². The summed E-state index contributed by atoms with van der Waals surface area (Å²) in [6, 6.07) is 13.6. The van der Waals surface area contributed by atoms with Gasteiger partial charge in [0.05, 0.1) is 5.69 Å². The van der Waals surface area contributed by atoms with Crippen molar-refractivity contribution in [2.45, 2.75) is 20.3 Å². The zero-order chi connectivity index (χ0) is 18.5. The Morgan fingerprint density at radius 3 is 2.69 bits per heavy atom. The molecule has 6 heteroatoms. The van der Waals surface area contributed by atoms with Gasteiger partial charge in [0.25, 0.3) is 5.91 Å². The largest absolute Gasteiger partial charge is 0.340 e. The molecule has 2 N–H and O–H groups in total. The van der Waals surface area contributed by atoms with Crippen LogP contribution in [0.2, 0.25) is 0 Å². The molecule has 3 rings (SSSR count). The number of hydrogen-bond donors (Lipinski definition) is 2. The van der Waals surface area contributed by atoms with Crippen molar-refractivity contribution in [2.75, 3.05) is 10.6 Å². The quantitative estimate of drug-likeness (QED) is 0.712. The lowest BCUT2D eigenvalue weighted by Gasteiger charge is -2.13. The van der Waals surface area contributed by atoms with Crippen LogP contribution in [0.4, 0.5) is 21.6 Å². The lowest BCUT2D eigenvalue weighted by Crippen LogP contribution is -2.15. The van der Waals surface area contributed by atoms with Crippen molar-refractivity contribution in [2.24, 2.45) is 0 Å². The number of para-hydroxylation sites is 2. The third kappa shape index (κ3) is 3.85. The van der Waals surface area contributed by atoms with E-state index in [0.717, 1.165) is 23.2 Å². The number of carbonyl (C=O) groups excluding carboxylic acids is 1. The average Bonchev–Trinajstić information content (AvgIpc) is 2.65. The average molecular weight is 350 g/mol. The number of carbonyl (C=O) groups is 1. The molecule has 0 saturated carbocycles. The summed E-state index contributed by atoms with van der Waals surface area (Å²) in [6.45, 7) is 4.09. The lowest BCUT2D eigenvalue weighted by molar-refractivity contribution is 0.102. The van der Waals surface area contributed by atoms with Gasteiger partial charge in [-0.15, -0.1) is 0 Å². The predicted molar refractivity (Wildman–Crippen MR) is 100 cm³/mol. The third-order valence-corrected chi connectivity index (χ3v) is 4.01. The van der Waals surface area contributed by atoms with Crippen molar-refractivity contribution in [1.82, 2.24) is 9.97 Å². The van der Waals surface area contributed by atoms with Gasteiger partial charge in [-0.2, -0.15) is 0 Å². The van der Waals surface area contributed by atoms with E-state index in [4.69, 9.17) is 0 Å². The lowest BCUT2D eigenvalue weighted by atomic mass is 10.1. The molecule has 26 heavy (non-hydrogen) atoms. The minimum absolute atomic E-state index is 0.109. The summed E-state index contributed by atoms with van der Waals surface area (Å²) < 4.78 is 13.7. The minimum atomic E-state index is -0.499. The molecule has 0 fully saturated rings. The Morgan fingerprint density at radius 2 is 1.92 bits per heavy atom. The Balaban J connectivity index is 1.83. The van der Waals surface area contributed by atoms with E-state index in [9.17, 15) is 9.18 Å². The van der Waals surface area contributed by atoms with E-state index < -0.39 is 11.7 Å². The van der Waals surface area contributed by atoms with Crippen LogP contribution in [0.3, 0.4) is 0 Å². The summed E-state index contributed by atoms with van der Waals surface area (Å²) in [5, 5.41) is 5.78. The number of aromatic nitrogens is 2. The van der Waals surface area contributed by atoms with Crippen molar-refractivity contribution in [3.8, 4) is 0 Å². The Labute approximate surface area is 151 Å². The molecular formula is C20H19FN4O. The van der Waals surface area contributed by atoms with Gasteiger partial charge >= 0.3 is 0 Å². The van der Waals surface area contributed by atoms with Gasteiger partial charge < -0.3 is 10.6 Å². The number of hydrogen-bond acceptors (Lipinski definition) is 4. The molecule has 0 aliphatic rings. The number of halogens is 1. The van der Waals surface area contributed by atoms with Gasteiger partial charge in [-0.05, 0) is 36.6 Å². The fourth-order valence-corrected chi connectivity index (χ4v) is 2.63. The molecule has 0 unspecified atom stereocenters. The van der Waals surface area contributed by atoms with Crippen LogP contribution in [0.5, 0.6) is 0 Å². The number of aryl methyl sites for hydroxylation is 2. The van der Waals surface area contributed by atoms with Gasteiger partial charge in [-0.1, -0.05) is 37.3 Å². The first-order chi connectivity index (χ1) is 12.6. The van der Waals surface area contributed by atoms with Crippen molar-refractivity contribution < 1.29 is 9.18 Å². The zero-order valence-electron chi connectivity index (χ0n) is 14.6. The summed E-state index contributed by atoms with van der Waals surface area (Å²) in [4.78, 5) is 20.5. The Morgan fingerprint density at radius 1 is 1.12 bits per heavy atom. The normalized spacial score (nSPS) is 10.4. The van der Waals surface area contributed by atoms with E-state index >= 15 is 0 Å². The Hall–Kier alpha value is -3.28. The maximum absolute atomic E-state index is 13.7. The molecule has 3 aromatic rings. The van der Waals surface area contributed by atoms with E-state index in [1.54, 1.807) is 18.2 Å². The van der Waals surface area contributed by atoms with Crippen LogP contribution in [0.1, 0.15) is 28.5 Å². The van der Waals surface area contributed by atoms with Gasteiger partial charge in [0, 0.05) is 11.8 Å². The molecule has 0 bridgehead atoms. The van der Waals surface area contributed by atoms with Crippen LogP contribution >= 0.6 is 0 Å². The summed E-state index contributed by atoms with van der Waals surface area (Å²) in [6.07, 6.45) is 2.18. The molecule has 0 saturated heterocycles. The van der Waals surface area contributed by atoms with Crippen LogP contribution in [0, 0.1) is 12.7 Å². The number of nitrogens with zero attached hydrogens (tertiary/aromatic N) is 2. The molecule has 0 atom stereocenters. The van der Waals surface area contributed by atoms with E-state index in [1.807, 2.05) is 25.1 Å². The van der Waals surface area contributed by atoms with Crippen LogP contribution in [0.25, 0.3) is 0 Å². The molecule has 5 nitrogen and oxygen atoms in total. The first-order valence-corrected chi connectivity index (χ1v) is 8.32. The molecule has 1 aromatic heterocycles. The monoisotopic (exact) mass is 350 g/mol. The highest BCUT2D eigenvalue weighted by Gasteiger charge is 2.12. The van der Waals surface area contributed by atoms with E-state index in [0.29, 0.717) is 5.82 Å². The fraction of sp³-hybridized carbons (Fsp3) is 0.150. The smallest absolute Gasteiger partial charge is 0.274 e. The maximum atomic E-state index is 13.7. The number of amides is 1. The van der Waals surface area contributed by atoms with Crippen LogP contribution in [-0.4, -0.2) is 15.9 Å². The maximum Gasteiger partial charge on any atom is 0.274 e.